The van der Waals surface area contributed by atoms with Crippen LogP contribution in [0.2, 0.25) is 0 Å². The summed E-state index contributed by atoms with van der Waals surface area (Å²) in [6, 6.07) is 5.20. The standard InChI is InChI=1S/C17H26N2O4/c1-3-19-7-13-14(8-19)17(9-20,10-21)18-16(13)12-5-4-11(23-2)6-15(12)22/h4-6,13-14,16,18,20-22H,3,7-10H2,1-2H3/t13-,14+,16-/m1/s1. The molecule has 2 saturated heterocycles. The number of fused-ring (bicyclic) bond motifs is 1. The van der Waals surface area contributed by atoms with E-state index in [0.29, 0.717) is 5.75 Å². The SMILES string of the molecule is CCN1C[C@H]2[C@@H](c3ccc(OC)cc3O)NC(CO)(CO)[C@H]2C1. The molecular weight excluding hydrogens is 296 g/mol. The van der Waals surface area contributed by atoms with Crippen LogP contribution in [-0.2, 0) is 0 Å². The van der Waals surface area contributed by atoms with E-state index in [2.05, 4.69) is 17.1 Å². The third-order valence-corrected chi connectivity index (χ3v) is 5.61. The summed E-state index contributed by atoms with van der Waals surface area (Å²) >= 11 is 0. The van der Waals surface area contributed by atoms with Gasteiger partial charge in [-0.25, -0.2) is 0 Å². The van der Waals surface area contributed by atoms with Gasteiger partial charge in [0.1, 0.15) is 11.5 Å². The van der Waals surface area contributed by atoms with Crippen molar-refractivity contribution in [2.24, 2.45) is 11.8 Å². The van der Waals surface area contributed by atoms with E-state index in [-0.39, 0.29) is 36.8 Å². The van der Waals surface area contributed by atoms with Crippen molar-refractivity contribution in [3.8, 4) is 11.5 Å². The van der Waals surface area contributed by atoms with Gasteiger partial charge in [0.15, 0.2) is 0 Å². The summed E-state index contributed by atoms with van der Waals surface area (Å²) < 4.78 is 5.15. The van der Waals surface area contributed by atoms with Gasteiger partial charge in [0.2, 0.25) is 0 Å². The number of rotatable bonds is 5. The maximum absolute atomic E-state index is 10.4. The summed E-state index contributed by atoms with van der Waals surface area (Å²) in [7, 11) is 1.57. The Morgan fingerprint density at radius 2 is 2.04 bits per heavy atom. The zero-order chi connectivity index (χ0) is 16.6. The van der Waals surface area contributed by atoms with E-state index in [4.69, 9.17) is 4.74 Å². The minimum Gasteiger partial charge on any atom is -0.507 e. The highest BCUT2D eigenvalue weighted by molar-refractivity contribution is 5.43. The van der Waals surface area contributed by atoms with Crippen LogP contribution in [0.1, 0.15) is 18.5 Å². The largest absolute Gasteiger partial charge is 0.507 e. The molecule has 2 aliphatic heterocycles. The van der Waals surface area contributed by atoms with Crippen LogP contribution in [0.25, 0.3) is 0 Å². The van der Waals surface area contributed by atoms with E-state index in [1.54, 1.807) is 13.2 Å². The summed E-state index contributed by atoms with van der Waals surface area (Å²) in [6.45, 7) is 4.58. The number of methoxy groups -OCH3 is 1. The maximum atomic E-state index is 10.4. The molecule has 23 heavy (non-hydrogen) atoms. The topological polar surface area (TPSA) is 85.2 Å². The number of phenols is 1. The molecule has 1 aromatic carbocycles. The van der Waals surface area contributed by atoms with Crippen LogP contribution >= 0.6 is 0 Å². The van der Waals surface area contributed by atoms with Gasteiger partial charge in [-0.05, 0) is 18.5 Å². The zero-order valence-corrected chi connectivity index (χ0v) is 13.7. The Balaban J connectivity index is 1.96. The Kier molecular flexibility index (Phi) is 4.51. The average Bonchev–Trinajstić information content (AvgIpc) is 3.12. The zero-order valence-electron chi connectivity index (χ0n) is 13.7. The summed E-state index contributed by atoms with van der Waals surface area (Å²) in [5.74, 6) is 1.19. The lowest BCUT2D eigenvalue weighted by Crippen LogP contribution is -2.53. The van der Waals surface area contributed by atoms with Crippen LogP contribution in [-0.4, -0.2) is 65.7 Å². The third-order valence-electron chi connectivity index (χ3n) is 5.61. The number of aromatic hydroxyl groups is 1. The molecular formula is C17H26N2O4. The lowest BCUT2D eigenvalue weighted by atomic mass is 9.81. The summed E-state index contributed by atoms with van der Waals surface area (Å²) in [5, 5.41) is 33.6. The van der Waals surface area contributed by atoms with Gasteiger partial charge in [0, 0.05) is 36.7 Å². The van der Waals surface area contributed by atoms with Crippen molar-refractivity contribution in [2.75, 3.05) is 40.0 Å². The first-order chi connectivity index (χ1) is 11.1. The fourth-order valence-corrected chi connectivity index (χ4v) is 4.22. The van der Waals surface area contributed by atoms with Crippen LogP contribution in [0.4, 0.5) is 0 Å². The first-order valence-corrected chi connectivity index (χ1v) is 8.17. The Hall–Kier alpha value is -1.34. The molecule has 2 aliphatic rings. The van der Waals surface area contributed by atoms with Gasteiger partial charge in [0.25, 0.3) is 0 Å². The van der Waals surface area contributed by atoms with Crippen LogP contribution in [0.3, 0.4) is 0 Å². The van der Waals surface area contributed by atoms with Crippen molar-refractivity contribution in [3.05, 3.63) is 23.8 Å². The molecule has 0 aliphatic carbocycles. The van der Waals surface area contributed by atoms with E-state index < -0.39 is 5.54 Å². The predicted molar refractivity (Wildman–Crippen MR) is 86.5 cm³/mol. The van der Waals surface area contributed by atoms with Gasteiger partial charge in [-0.15, -0.1) is 0 Å². The van der Waals surface area contributed by atoms with Crippen molar-refractivity contribution >= 4 is 0 Å². The Morgan fingerprint density at radius 1 is 1.30 bits per heavy atom. The van der Waals surface area contributed by atoms with Crippen LogP contribution in [0, 0.1) is 11.8 Å². The van der Waals surface area contributed by atoms with Crippen LogP contribution < -0.4 is 10.1 Å². The molecule has 0 bridgehead atoms. The van der Waals surface area contributed by atoms with E-state index in [0.717, 1.165) is 25.2 Å². The highest BCUT2D eigenvalue weighted by atomic mass is 16.5. The van der Waals surface area contributed by atoms with Gasteiger partial charge in [-0.3, -0.25) is 5.32 Å². The Morgan fingerprint density at radius 3 is 2.61 bits per heavy atom. The minimum absolute atomic E-state index is 0.0956. The van der Waals surface area contributed by atoms with Crippen molar-refractivity contribution in [1.29, 1.82) is 0 Å². The Labute approximate surface area is 136 Å². The number of hydrogen-bond donors (Lipinski definition) is 4. The smallest absolute Gasteiger partial charge is 0.124 e. The second-order valence-corrected chi connectivity index (χ2v) is 6.64. The number of nitrogens with one attached hydrogen (secondary N) is 1. The molecule has 3 rings (SSSR count). The second-order valence-electron chi connectivity index (χ2n) is 6.64. The predicted octanol–water partition coefficient (Wildman–Crippen LogP) is 0.336. The van der Waals surface area contributed by atoms with Crippen LogP contribution in [0.15, 0.2) is 18.2 Å². The first kappa shape index (κ1) is 16.5. The van der Waals surface area contributed by atoms with E-state index >= 15 is 0 Å². The molecule has 6 nitrogen and oxygen atoms in total. The minimum atomic E-state index is -0.703. The molecule has 3 atom stereocenters. The number of aliphatic hydroxyl groups excluding tert-OH is 2. The molecule has 0 saturated carbocycles. The second kappa shape index (κ2) is 6.28. The average molecular weight is 322 g/mol. The number of phenolic OH excluding ortho intramolecular Hbond substituents is 1. The van der Waals surface area contributed by atoms with Gasteiger partial charge in [0.05, 0.1) is 25.9 Å². The normalized spacial score (nSPS) is 29.7. The summed E-state index contributed by atoms with van der Waals surface area (Å²) in [4.78, 5) is 2.34. The van der Waals surface area contributed by atoms with Crippen molar-refractivity contribution in [2.45, 2.75) is 18.5 Å². The summed E-state index contributed by atoms with van der Waals surface area (Å²) in [5.41, 5.74) is 0.0913. The number of likely N-dealkylation sites (tertiary alicyclic amines) is 1. The van der Waals surface area contributed by atoms with Crippen LogP contribution in [0.5, 0.6) is 11.5 Å². The lowest BCUT2D eigenvalue weighted by molar-refractivity contribution is 0.0666. The molecule has 128 valence electrons. The number of benzene rings is 1. The lowest BCUT2D eigenvalue weighted by Gasteiger charge is -2.32. The highest BCUT2D eigenvalue weighted by Gasteiger charge is 2.56. The maximum Gasteiger partial charge on any atom is 0.124 e. The molecule has 2 fully saturated rings. The molecule has 0 unspecified atom stereocenters. The number of aliphatic hydroxyl groups is 2. The third kappa shape index (κ3) is 2.59. The quantitative estimate of drug-likeness (QED) is 0.625. The van der Waals surface area contributed by atoms with Gasteiger partial charge in [-0.1, -0.05) is 13.0 Å². The molecule has 0 amide bonds. The molecule has 1 aromatic rings. The van der Waals surface area contributed by atoms with Crippen molar-refractivity contribution in [3.63, 3.8) is 0 Å². The number of hydrogen-bond acceptors (Lipinski definition) is 6. The fourth-order valence-electron chi connectivity index (χ4n) is 4.22. The van der Waals surface area contributed by atoms with Gasteiger partial charge < -0.3 is 25.0 Å². The fraction of sp³-hybridized carbons (Fsp3) is 0.647. The molecule has 2 heterocycles. The summed E-state index contributed by atoms with van der Waals surface area (Å²) in [6.07, 6.45) is 0. The highest BCUT2D eigenvalue weighted by Crippen LogP contribution is 2.48. The molecule has 4 N–H and O–H groups in total. The molecule has 0 aromatic heterocycles. The van der Waals surface area contributed by atoms with Gasteiger partial charge >= 0.3 is 0 Å². The monoisotopic (exact) mass is 322 g/mol. The van der Waals surface area contributed by atoms with E-state index in [9.17, 15) is 15.3 Å². The number of ether oxygens (including phenoxy) is 1. The van der Waals surface area contributed by atoms with E-state index in [1.165, 1.54) is 0 Å². The van der Waals surface area contributed by atoms with Crippen molar-refractivity contribution in [1.82, 2.24) is 10.2 Å². The Bertz CT molecular complexity index is 562. The molecule has 0 radical (unpaired) electrons. The first-order valence-electron chi connectivity index (χ1n) is 8.17. The number of nitrogens with zero attached hydrogens (tertiary/aromatic N) is 1. The van der Waals surface area contributed by atoms with E-state index in [1.807, 2.05) is 12.1 Å². The van der Waals surface area contributed by atoms with Crippen molar-refractivity contribution < 1.29 is 20.1 Å². The van der Waals surface area contributed by atoms with Gasteiger partial charge in [-0.2, -0.15) is 0 Å². The molecule has 6 heteroatoms. The molecule has 0 spiro atoms.